The van der Waals surface area contributed by atoms with E-state index < -0.39 is 5.97 Å². The van der Waals surface area contributed by atoms with Crippen LogP contribution in [0, 0.1) is 17.8 Å². The molecule has 0 aromatic carbocycles. The summed E-state index contributed by atoms with van der Waals surface area (Å²) in [6.07, 6.45) is 10.5. The lowest BCUT2D eigenvalue weighted by atomic mass is 9.93. The number of allylic oxidation sites excluding steroid dienone is 1. The third kappa shape index (κ3) is 8.28. The quantitative estimate of drug-likeness (QED) is 0.487. The highest BCUT2D eigenvalue weighted by Gasteiger charge is 2.26. The molecule has 1 aliphatic rings. The molecule has 1 N–H and O–H groups in total. The second kappa shape index (κ2) is 9.27. The molecule has 2 nitrogen and oxygen atoms in total. The van der Waals surface area contributed by atoms with E-state index in [1.165, 1.54) is 38.5 Å². The van der Waals surface area contributed by atoms with Crippen LogP contribution in [0.25, 0.3) is 0 Å². The zero-order valence-corrected chi connectivity index (χ0v) is 14.5. The van der Waals surface area contributed by atoms with Crippen LogP contribution in [0.15, 0.2) is 11.1 Å². The molecule has 1 unspecified atom stereocenters. The van der Waals surface area contributed by atoms with Gasteiger partial charge in [0.05, 0.1) is 0 Å². The molecule has 0 amide bonds. The average molecular weight is 294 g/mol. The maximum absolute atomic E-state index is 11.3. The van der Waals surface area contributed by atoms with Crippen LogP contribution in [0.5, 0.6) is 0 Å². The number of rotatable bonds is 11. The highest BCUT2D eigenvalue weighted by Crippen LogP contribution is 2.36. The highest BCUT2D eigenvalue weighted by atomic mass is 16.4. The Morgan fingerprint density at radius 3 is 2.24 bits per heavy atom. The van der Waals surface area contributed by atoms with E-state index in [9.17, 15) is 9.90 Å². The molecule has 0 spiro atoms. The first kappa shape index (κ1) is 18.3. The maximum Gasteiger partial charge on any atom is 0.331 e. The van der Waals surface area contributed by atoms with E-state index in [0.717, 1.165) is 36.7 Å². The van der Waals surface area contributed by atoms with Gasteiger partial charge in [-0.05, 0) is 56.8 Å². The van der Waals surface area contributed by atoms with Crippen LogP contribution < -0.4 is 0 Å². The van der Waals surface area contributed by atoms with Crippen molar-refractivity contribution < 1.29 is 9.90 Å². The minimum absolute atomic E-state index is 0.654. The molecule has 1 rings (SSSR count). The summed E-state index contributed by atoms with van der Waals surface area (Å²) in [4.78, 5) is 11.3. The summed E-state index contributed by atoms with van der Waals surface area (Å²) < 4.78 is 0. The molecule has 1 fully saturated rings. The van der Waals surface area contributed by atoms with E-state index in [4.69, 9.17) is 0 Å². The van der Waals surface area contributed by atoms with Crippen molar-refractivity contribution >= 4 is 5.97 Å². The van der Waals surface area contributed by atoms with Gasteiger partial charge in [-0.15, -0.1) is 0 Å². The molecule has 0 aromatic rings. The molecular weight excluding hydrogens is 260 g/mol. The molecule has 0 aliphatic heterocycles. The fourth-order valence-corrected chi connectivity index (χ4v) is 2.94. The number of hydrogen-bond acceptors (Lipinski definition) is 1. The molecule has 1 atom stereocenters. The summed E-state index contributed by atoms with van der Waals surface area (Å²) in [5.41, 5.74) is 1.81. The first-order valence-corrected chi connectivity index (χ1v) is 8.82. The first-order valence-electron chi connectivity index (χ1n) is 8.82. The molecule has 2 heteroatoms. The van der Waals surface area contributed by atoms with Crippen molar-refractivity contribution in [2.45, 2.75) is 85.5 Å². The van der Waals surface area contributed by atoms with Crippen LogP contribution in [0.2, 0.25) is 0 Å². The number of carboxylic acids is 1. The standard InChI is InChI=1S/C19H34O2/c1-14(2)7-5-8-15(3)9-6-10-16(4)18(19(20)21)13-17-11-12-17/h14-15,17H,5-13H2,1-4H3,(H,20,21)/b18-16+. The van der Waals surface area contributed by atoms with Crippen molar-refractivity contribution in [3.05, 3.63) is 11.1 Å². The van der Waals surface area contributed by atoms with E-state index >= 15 is 0 Å². The molecule has 0 bridgehead atoms. The van der Waals surface area contributed by atoms with Gasteiger partial charge in [0, 0.05) is 5.57 Å². The van der Waals surface area contributed by atoms with Gasteiger partial charge in [-0.3, -0.25) is 0 Å². The van der Waals surface area contributed by atoms with E-state index in [-0.39, 0.29) is 0 Å². The largest absolute Gasteiger partial charge is 0.478 e. The summed E-state index contributed by atoms with van der Waals surface area (Å²) in [7, 11) is 0. The average Bonchev–Trinajstić information content (AvgIpc) is 3.18. The summed E-state index contributed by atoms with van der Waals surface area (Å²) >= 11 is 0. The van der Waals surface area contributed by atoms with Gasteiger partial charge in [0.1, 0.15) is 0 Å². The van der Waals surface area contributed by atoms with Crippen molar-refractivity contribution in [1.82, 2.24) is 0 Å². The van der Waals surface area contributed by atoms with Gasteiger partial charge in [0.2, 0.25) is 0 Å². The number of carbonyl (C=O) groups is 1. The lowest BCUT2D eigenvalue weighted by Gasteiger charge is -2.13. The number of carboxylic acid groups (broad SMARTS) is 1. The van der Waals surface area contributed by atoms with Gasteiger partial charge >= 0.3 is 5.97 Å². The maximum atomic E-state index is 11.3. The van der Waals surface area contributed by atoms with Crippen LogP contribution in [0.4, 0.5) is 0 Å². The summed E-state index contributed by atoms with van der Waals surface area (Å²) in [5, 5.41) is 9.34. The third-order valence-electron chi connectivity index (χ3n) is 4.69. The molecule has 1 aliphatic carbocycles. The van der Waals surface area contributed by atoms with Crippen LogP contribution >= 0.6 is 0 Å². The Bertz CT molecular complexity index is 351. The lowest BCUT2D eigenvalue weighted by Crippen LogP contribution is -2.05. The van der Waals surface area contributed by atoms with Crippen LogP contribution in [-0.2, 0) is 4.79 Å². The first-order chi connectivity index (χ1) is 9.90. The number of aliphatic carboxylic acids is 1. The SMILES string of the molecule is C/C(CCCC(C)CCCC(C)C)=C(/CC1CC1)C(=O)O. The topological polar surface area (TPSA) is 37.3 Å². The second-order valence-corrected chi connectivity index (χ2v) is 7.53. The highest BCUT2D eigenvalue weighted by molar-refractivity contribution is 5.87. The molecule has 0 radical (unpaired) electrons. The van der Waals surface area contributed by atoms with Gasteiger partial charge in [-0.2, -0.15) is 0 Å². The van der Waals surface area contributed by atoms with Gasteiger partial charge in [-0.25, -0.2) is 4.79 Å². The zero-order valence-electron chi connectivity index (χ0n) is 14.5. The van der Waals surface area contributed by atoms with Gasteiger partial charge in [0.25, 0.3) is 0 Å². The van der Waals surface area contributed by atoms with Gasteiger partial charge in [0.15, 0.2) is 0 Å². The summed E-state index contributed by atoms with van der Waals surface area (Å²) in [5.74, 6) is 1.54. The van der Waals surface area contributed by atoms with Crippen molar-refractivity contribution in [3.63, 3.8) is 0 Å². The minimum atomic E-state index is -0.690. The van der Waals surface area contributed by atoms with Crippen molar-refractivity contribution in [1.29, 1.82) is 0 Å². The summed E-state index contributed by atoms with van der Waals surface area (Å²) in [6, 6.07) is 0. The molecule has 0 heterocycles. The molecular formula is C19H34O2. The van der Waals surface area contributed by atoms with Gasteiger partial charge in [-0.1, -0.05) is 52.0 Å². The predicted octanol–water partition coefficient (Wildman–Crippen LogP) is 5.82. The summed E-state index contributed by atoms with van der Waals surface area (Å²) in [6.45, 7) is 8.93. The van der Waals surface area contributed by atoms with Crippen LogP contribution in [-0.4, -0.2) is 11.1 Å². The Labute approximate surface area is 131 Å². The van der Waals surface area contributed by atoms with E-state index in [1.807, 2.05) is 6.92 Å². The normalized spacial score (nSPS) is 17.8. The Balaban J connectivity index is 2.26. The van der Waals surface area contributed by atoms with Crippen molar-refractivity contribution in [2.24, 2.45) is 17.8 Å². The Hall–Kier alpha value is -0.790. The molecule has 1 saturated carbocycles. The van der Waals surface area contributed by atoms with E-state index in [2.05, 4.69) is 20.8 Å². The fourth-order valence-electron chi connectivity index (χ4n) is 2.94. The Kier molecular flexibility index (Phi) is 8.06. The van der Waals surface area contributed by atoms with Crippen molar-refractivity contribution in [3.8, 4) is 0 Å². The monoisotopic (exact) mass is 294 g/mol. The van der Waals surface area contributed by atoms with Crippen LogP contribution in [0.1, 0.15) is 85.5 Å². The minimum Gasteiger partial charge on any atom is -0.478 e. The molecule has 0 saturated heterocycles. The van der Waals surface area contributed by atoms with Crippen LogP contribution in [0.3, 0.4) is 0 Å². The molecule has 21 heavy (non-hydrogen) atoms. The van der Waals surface area contributed by atoms with E-state index in [0.29, 0.717) is 11.5 Å². The smallest absolute Gasteiger partial charge is 0.331 e. The Morgan fingerprint density at radius 2 is 1.71 bits per heavy atom. The third-order valence-corrected chi connectivity index (χ3v) is 4.69. The molecule has 0 aromatic heterocycles. The second-order valence-electron chi connectivity index (χ2n) is 7.53. The predicted molar refractivity (Wildman–Crippen MR) is 89.4 cm³/mol. The molecule has 122 valence electrons. The number of hydrogen-bond donors (Lipinski definition) is 1. The Morgan fingerprint density at radius 1 is 1.10 bits per heavy atom. The zero-order chi connectivity index (χ0) is 15.8. The van der Waals surface area contributed by atoms with E-state index in [1.54, 1.807) is 0 Å². The van der Waals surface area contributed by atoms with Gasteiger partial charge < -0.3 is 5.11 Å². The lowest BCUT2D eigenvalue weighted by molar-refractivity contribution is -0.132. The fraction of sp³-hybridized carbons (Fsp3) is 0.842. The van der Waals surface area contributed by atoms with Crippen molar-refractivity contribution in [2.75, 3.05) is 0 Å².